The molecule has 1 fully saturated rings. The van der Waals surface area contributed by atoms with Crippen molar-refractivity contribution in [1.82, 2.24) is 24.6 Å². The molecule has 0 radical (unpaired) electrons. The first kappa shape index (κ1) is 15.4. The van der Waals surface area contributed by atoms with Crippen molar-refractivity contribution >= 4 is 5.91 Å². The van der Waals surface area contributed by atoms with Crippen LogP contribution < -0.4 is 5.56 Å². The number of morpholine rings is 1. The summed E-state index contributed by atoms with van der Waals surface area (Å²) in [5.74, 6) is 1.17. The molecule has 0 aromatic carbocycles. The van der Waals surface area contributed by atoms with E-state index in [0.717, 1.165) is 12.2 Å². The van der Waals surface area contributed by atoms with Crippen LogP contribution in [0.5, 0.6) is 0 Å². The lowest BCUT2D eigenvalue weighted by molar-refractivity contribution is -0.0266. The number of nitrogens with zero attached hydrogens (tertiary/aromatic N) is 4. The summed E-state index contributed by atoms with van der Waals surface area (Å²) in [5.41, 5.74) is 0.181. The predicted molar refractivity (Wildman–Crippen MR) is 82.0 cm³/mol. The van der Waals surface area contributed by atoms with E-state index >= 15 is 0 Å². The number of aromatic nitrogens is 4. The highest BCUT2D eigenvalue weighted by Crippen LogP contribution is 2.20. The number of carbonyl (C=O) groups excluding carboxylic acids is 1. The molecule has 1 amide bonds. The maximum Gasteiger partial charge on any atom is 0.254 e. The van der Waals surface area contributed by atoms with E-state index in [9.17, 15) is 9.59 Å². The Labute approximate surface area is 133 Å². The van der Waals surface area contributed by atoms with Crippen molar-refractivity contribution in [3.05, 3.63) is 45.9 Å². The maximum absolute atomic E-state index is 12.6. The quantitative estimate of drug-likeness (QED) is 0.877. The Balaban J connectivity index is 1.76. The minimum atomic E-state index is -0.351. The van der Waals surface area contributed by atoms with Gasteiger partial charge in [-0.2, -0.15) is 5.10 Å². The fourth-order valence-corrected chi connectivity index (χ4v) is 2.47. The van der Waals surface area contributed by atoms with Gasteiger partial charge in [0.1, 0.15) is 11.9 Å². The number of hydrogen-bond acceptors (Lipinski definition) is 5. The van der Waals surface area contributed by atoms with Gasteiger partial charge in [-0.15, -0.1) is 0 Å². The third-order valence-electron chi connectivity index (χ3n) is 3.88. The Bertz CT molecular complexity index is 766. The lowest BCUT2D eigenvalue weighted by Gasteiger charge is -2.31. The molecule has 8 nitrogen and oxygen atoms in total. The fraction of sp³-hybridized carbons (Fsp3) is 0.467. The van der Waals surface area contributed by atoms with Gasteiger partial charge in [0.15, 0.2) is 5.82 Å². The van der Waals surface area contributed by atoms with Gasteiger partial charge < -0.3 is 14.2 Å². The second kappa shape index (κ2) is 6.33. The number of ether oxygens (including phenoxy) is 1. The van der Waals surface area contributed by atoms with Crippen LogP contribution in [0.3, 0.4) is 0 Å². The van der Waals surface area contributed by atoms with Crippen molar-refractivity contribution in [2.45, 2.75) is 19.4 Å². The normalized spacial score (nSPS) is 18.2. The number of hydrogen-bond donors (Lipinski definition) is 1. The highest BCUT2D eigenvalue weighted by molar-refractivity contribution is 5.94. The van der Waals surface area contributed by atoms with Crippen LogP contribution >= 0.6 is 0 Å². The van der Waals surface area contributed by atoms with E-state index in [2.05, 4.69) is 15.2 Å². The number of amides is 1. The van der Waals surface area contributed by atoms with Gasteiger partial charge in [-0.05, 0) is 6.07 Å². The fourth-order valence-electron chi connectivity index (χ4n) is 2.47. The Hall–Kier alpha value is -2.48. The van der Waals surface area contributed by atoms with Crippen LogP contribution in [-0.2, 0) is 18.2 Å². The number of pyridine rings is 1. The van der Waals surface area contributed by atoms with Gasteiger partial charge in [-0.3, -0.25) is 14.7 Å². The van der Waals surface area contributed by atoms with E-state index in [1.54, 1.807) is 24.2 Å². The molecule has 3 heterocycles. The molecule has 0 unspecified atom stereocenters. The van der Waals surface area contributed by atoms with Crippen LogP contribution in [0.25, 0.3) is 0 Å². The zero-order valence-corrected chi connectivity index (χ0v) is 13.2. The highest BCUT2D eigenvalue weighted by Gasteiger charge is 2.28. The minimum Gasteiger partial charge on any atom is -0.366 e. The molecule has 1 aliphatic rings. The summed E-state index contributed by atoms with van der Waals surface area (Å²) in [4.78, 5) is 30.3. The van der Waals surface area contributed by atoms with Gasteiger partial charge in [0.25, 0.3) is 11.5 Å². The first-order valence-electron chi connectivity index (χ1n) is 7.57. The Morgan fingerprint density at radius 1 is 1.52 bits per heavy atom. The van der Waals surface area contributed by atoms with Crippen LogP contribution in [0.1, 0.15) is 35.0 Å². The number of H-pyrrole nitrogens is 1. The van der Waals surface area contributed by atoms with E-state index in [0.29, 0.717) is 31.1 Å². The smallest absolute Gasteiger partial charge is 0.254 e. The minimum absolute atomic E-state index is 0.178. The summed E-state index contributed by atoms with van der Waals surface area (Å²) < 4.78 is 7.11. The van der Waals surface area contributed by atoms with Crippen LogP contribution in [0.2, 0.25) is 0 Å². The van der Waals surface area contributed by atoms with Gasteiger partial charge in [0.05, 0.1) is 13.2 Å². The van der Waals surface area contributed by atoms with E-state index in [-0.39, 0.29) is 17.6 Å². The molecule has 122 valence electrons. The van der Waals surface area contributed by atoms with E-state index in [4.69, 9.17) is 4.74 Å². The standard InChI is InChI=1S/C15H19N5O3/c1-3-12-16-14(18-17-12)11-9-20(6-7-23-11)15(22)10-4-5-19(2)13(21)8-10/h4-5,8,11H,3,6-7,9H2,1-2H3,(H,16,17,18)/t11-/m1/s1. The molecule has 0 bridgehead atoms. The van der Waals surface area contributed by atoms with E-state index < -0.39 is 0 Å². The molecule has 0 aliphatic carbocycles. The number of carbonyl (C=O) groups is 1. The summed E-state index contributed by atoms with van der Waals surface area (Å²) in [6.45, 7) is 3.25. The molecule has 23 heavy (non-hydrogen) atoms. The zero-order chi connectivity index (χ0) is 16.4. The molecule has 0 saturated carbocycles. The van der Waals surface area contributed by atoms with Crippen LogP contribution in [-0.4, -0.2) is 50.3 Å². The second-order valence-electron chi connectivity index (χ2n) is 5.47. The second-order valence-corrected chi connectivity index (χ2v) is 5.47. The van der Waals surface area contributed by atoms with Crippen molar-refractivity contribution in [2.24, 2.45) is 7.05 Å². The Kier molecular flexibility index (Phi) is 4.24. The van der Waals surface area contributed by atoms with Crippen molar-refractivity contribution < 1.29 is 9.53 Å². The summed E-state index contributed by atoms with van der Waals surface area (Å²) >= 11 is 0. The van der Waals surface area contributed by atoms with E-state index in [1.807, 2.05) is 6.92 Å². The largest absolute Gasteiger partial charge is 0.366 e. The van der Waals surface area contributed by atoms with Crippen LogP contribution in [0.4, 0.5) is 0 Å². The topological polar surface area (TPSA) is 93.1 Å². The molecule has 0 spiro atoms. The Morgan fingerprint density at radius 2 is 2.35 bits per heavy atom. The first-order chi connectivity index (χ1) is 11.1. The average molecular weight is 317 g/mol. The predicted octanol–water partition coefficient (Wildman–Crippen LogP) is 0.279. The average Bonchev–Trinajstić information content (AvgIpc) is 3.06. The summed E-state index contributed by atoms with van der Waals surface area (Å²) in [7, 11) is 1.65. The molecule has 1 atom stereocenters. The number of aryl methyl sites for hydroxylation is 2. The SMILES string of the molecule is CCc1nc([C@H]2CN(C(=O)c3ccn(C)c(=O)c3)CCO2)n[nH]1. The lowest BCUT2D eigenvalue weighted by atomic mass is 10.2. The molecule has 3 rings (SSSR count). The third kappa shape index (κ3) is 3.16. The van der Waals surface area contributed by atoms with Gasteiger partial charge >= 0.3 is 0 Å². The zero-order valence-electron chi connectivity index (χ0n) is 13.2. The number of rotatable bonds is 3. The van der Waals surface area contributed by atoms with Crippen molar-refractivity contribution in [1.29, 1.82) is 0 Å². The van der Waals surface area contributed by atoms with Crippen molar-refractivity contribution in [2.75, 3.05) is 19.7 Å². The molecular weight excluding hydrogens is 298 g/mol. The molecule has 1 aliphatic heterocycles. The molecule has 2 aromatic heterocycles. The summed E-state index contributed by atoms with van der Waals surface area (Å²) in [5, 5.41) is 7.00. The number of aromatic amines is 1. The summed E-state index contributed by atoms with van der Waals surface area (Å²) in [6.07, 6.45) is 2.00. The van der Waals surface area contributed by atoms with Gasteiger partial charge in [0.2, 0.25) is 0 Å². The van der Waals surface area contributed by atoms with Gasteiger partial charge in [-0.25, -0.2) is 4.98 Å². The molecular formula is C15H19N5O3. The monoisotopic (exact) mass is 317 g/mol. The maximum atomic E-state index is 12.6. The van der Waals surface area contributed by atoms with Gasteiger partial charge in [0, 0.05) is 37.8 Å². The number of nitrogens with one attached hydrogen (secondary N) is 1. The lowest BCUT2D eigenvalue weighted by Crippen LogP contribution is -2.42. The first-order valence-corrected chi connectivity index (χ1v) is 7.57. The van der Waals surface area contributed by atoms with E-state index in [1.165, 1.54) is 10.6 Å². The highest BCUT2D eigenvalue weighted by atomic mass is 16.5. The third-order valence-corrected chi connectivity index (χ3v) is 3.88. The van der Waals surface area contributed by atoms with Crippen molar-refractivity contribution in [3.63, 3.8) is 0 Å². The molecule has 8 heteroatoms. The van der Waals surface area contributed by atoms with Crippen LogP contribution in [0.15, 0.2) is 23.1 Å². The van der Waals surface area contributed by atoms with Gasteiger partial charge in [-0.1, -0.05) is 6.92 Å². The van der Waals surface area contributed by atoms with Crippen molar-refractivity contribution in [3.8, 4) is 0 Å². The van der Waals surface area contributed by atoms with Crippen LogP contribution in [0, 0.1) is 0 Å². The molecule has 1 saturated heterocycles. The molecule has 2 aromatic rings. The molecule has 1 N–H and O–H groups in total. The Morgan fingerprint density at radius 3 is 3.04 bits per heavy atom. The summed E-state index contributed by atoms with van der Waals surface area (Å²) in [6, 6.07) is 3.00.